The number of hydrogen-bond donors (Lipinski definition) is 1. The van der Waals surface area contributed by atoms with E-state index in [9.17, 15) is 9.46 Å². The minimum Gasteiger partial charge on any atom is -0.379 e. The van der Waals surface area contributed by atoms with Gasteiger partial charge in [0.15, 0.2) is 0 Å². The highest BCUT2D eigenvalue weighted by molar-refractivity contribution is 7.47. The Balaban J connectivity index is 4.55. The first kappa shape index (κ1) is 56.0. The van der Waals surface area contributed by atoms with E-state index in [0.717, 1.165) is 48.3 Å². The van der Waals surface area contributed by atoms with Crippen molar-refractivity contribution in [3.8, 4) is 0 Å². The molecule has 0 rings (SSSR count). The largest absolute Gasteiger partial charge is 0.472 e. The van der Waals surface area contributed by atoms with E-state index in [1.165, 1.54) is 116 Å². The number of phosphoric ester groups is 1. The van der Waals surface area contributed by atoms with Gasteiger partial charge in [0, 0.05) is 13.2 Å². The van der Waals surface area contributed by atoms with Crippen molar-refractivity contribution in [1.82, 2.24) is 0 Å². The summed E-state index contributed by atoms with van der Waals surface area (Å²) in [5.74, 6) is 6.15. The standard InChI is InChI=1S/C48H100NO6P/c1-40(2)20-14-22-42(5)24-16-26-44(7)28-18-30-46(9)32-35-52-38-48(39-55-56(50,51)54-37-34-49(11,12)13)53-36-33-47(10)31-19-29-45(8)27-17-25-43(6)23-15-21-41(3)4/h40-48H,14-39H2,1-13H3/p+1/t42-,43-,44-,45?,46-,47-,48+/m1/s1. The minimum absolute atomic E-state index is 0.0233. The van der Waals surface area contributed by atoms with Gasteiger partial charge in [-0.2, -0.15) is 0 Å². The monoisotopic (exact) mass is 819 g/mol. The Morgan fingerprint density at radius 3 is 1.14 bits per heavy atom. The Bertz CT molecular complexity index is 926. The van der Waals surface area contributed by atoms with Gasteiger partial charge in [0.1, 0.15) is 19.3 Å². The van der Waals surface area contributed by atoms with Crippen LogP contribution in [0.5, 0.6) is 0 Å². The molecule has 0 saturated heterocycles. The van der Waals surface area contributed by atoms with Crippen molar-refractivity contribution in [3.05, 3.63) is 0 Å². The predicted octanol–water partition coefficient (Wildman–Crippen LogP) is 14.2. The number of ether oxygens (including phenoxy) is 2. The fourth-order valence-electron chi connectivity index (χ4n) is 7.60. The number of phosphoric acid groups is 1. The van der Waals surface area contributed by atoms with E-state index in [0.29, 0.717) is 42.7 Å². The molecule has 2 unspecified atom stereocenters. The zero-order valence-corrected chi connectivity index (χ0v) is 40.9. The Hall–Kier alpha value is -0.0100. The molecule has 0 aliphatic rings. The summed E-state index contributed by atoms with van der Waals surface area (Å²) >= 11 is 0. The van der Waals surface area contributed by atoms with Gasteiger partial charge in [-0.05, 0) is 60.2 Å². The van der Waals surface area contributed by atoms with Gasteiger partial charge in [-0.1, -0.05) is 185 Å². The van der Waals surface area contributed by atoms with Gasteiger partial charge in [-0.15, -0.1) is 0 Å². The van der Waals surface area contributed by atoms with E-state index in [4.69, 9.17) is 18.5 Å². The molecule has 0 amide bonds. The third-order valence-corrected chi connectivity index (χ3v) is 13.0. The summed E-state index contributed by atoms with van der Waals surface area (Å²) in [6, 6.07) is 0. The zero-order chi connectivity index (χ0) is 42.4. The van der Waals surface area contributed by atoms with Crippen LogP contribution in [-0.4, -0.2) is 76.2 Å². The number of nitrogens with zero attached hydrogens (tertiary/aromatic N) is 1. The molecule has 8 heteroatoms. The summed E-state index contributed by atoms with van der Waals surface area (Å²) in [6.07, 6.45) is 25.6. The highest BCUT2D eigenvalue weighted by Gasteiger charge is 2.25. The fourth-order valence-corrected chi connectivity index (χ4v) is 8.34. The number of rotatable bonds is 40. The quantitative estimate of drug-likeness (QED) is 0.0377. The summed E-state index contributed by atoms with van der Waals surface area (Å²) < 4.78 is 36.3. The van der Waals surface area contributed by atoms with Gasteiger partial charge in [-0.3, -0.25) is 9.05 Å². The third-order valence-electron chi connectivity index (χ3n) is 12.0. The molecule has 7 nitrogen and oxygen atoms in total. The van der Waals surface area contributed by atoms with Gasteiger partial charge >= 0.3 is 7.82 Å². The van der Waals surface area contributed by atoms with Gasteiger partial charge in [0.2, 0.25) is 0 Å². The lowest BCUT2D eigenvalue weighted by atomic mass is 9.91. The summed E-state index contributed by atoms with van der Waals surface area (Å²) in [6.45, 7) is 26.0. The van der Waals surface area contributed by atoms with Crippen molar-refractivity contribution in [3.63, 3.8) is 0 Å². The zero-order valence-electron chi connectivity index (χ0n) is 40.0. The maximum Gasteiger partial charge on any atom is 0.472 e. The molecule has 0 aromatic rings. The topological polar surface area (TPSA) is 74.2 Å². The van der Waals surface area contributed by atoms with Crippen LogP contribution >= 0.6 is 7.82 Å². The van der Waals surface area contributed by atoms with E-state index in [1.807, 2.05) is 21.1 Å². The second-order valence-electron chi connectivity index (χ2n) is 20.8. The van der Waals surface area contributed by atoms with Crippen molar-refractivity contribution < 1.29 is 32.5 Å². The molecule has 1 N–H and O–H groups in total. The minimum atomic E-state index is -4.17. The molecule has 8 atom stereocenters. The van der Waals surface area contributed by atoms with Crippen LogP contribution < -0.4 is 0 Å². The molecular weight excluding hydrogens is 718 g/mol. The average molecular weight is 819 g/mol. The van der Waals surface area contributed by atoms with Crippen molar-refractivity contribution in [2.45, 2.75) is 204 Å². The maximum absolute atomic E-state index is 12.6. The van der Waals surface area contributed by atoms with Gasteiger partial charge in [0.25, 0.3) is 0 Å². The van der Waals surface area contributed by atoms with Crippen molar-refractivity contribution in [1.29, 1.82) is 0 Å². The molecule has 0 aromatic carbocycles. The average Bonchev–Trinajstić information content (AvgIpc) is 3.07. The lowest BCUT2D eigenvalue weighted by molar-refractivity contribution is -0.870. The molecule has 0 aliphatic carbocycles. The molecule has 0 saturated carbocycles. The molecule has 0 heterocycles. The van der Waals surface area contributed by atoms with Crippen molar-refractivity contribution in [2.24, 2.45) is 47.3 Å². The highest BCUT2D eigenvalue weighted by Crippen LogP contribution is 2.43. The van der Waals surface area contributed by atoms with Crippen LogP contribution in [0.3, 0.4) is 0 Å². The second kappa shape index (κ2) is 33.7. The van der Waals surface area contributed by atoms with Crippen LogP contribution in [-0.2, 0) is 23.1 Å². The molecule has 338 valence electrons. The smallest absolute Gasteiger partial charge is 0.379 e. The van der Waals surface area contributed by atoms with E-state index >= 15 is 0 Å². The summed E-state index contributed by atoms with van der Waals surface area (Å²) in [5.41, 5.74) is 0. The summed E-state index contributed by atoms with van der Waals surface area (Å²) in [7, 11) is 1.89. The van der Waals surface area contributed by atoms with E-state index in [1.54, 1.807) is 0 Å². The summed E-state index contributed by atoms with van der Waals surface area (Å²) in [5, 5.41) is 0. The number of likely N-dealkylation sites (N-methyl/N-ethyl adjacent to an activating group) is 1. The number of hydrogen-bond acceptors (Lipinski definition) is 5. The fraction of sp³-hybridized carbons (Fsp3) is 1.00. The Labute approximate surface area is 351 Å². The molecule has 0 bridgehead atoms. The summed E-state index contributed by atoms with van der Waals surface area (Å²) in [4.78, 5) is 10.3. The highest BCUT2D eigenvalue weighted by atomic mass is 31.2. The Kier molecular flexibility index (Phi) is 33.7. The van der Waals surface area contributed by atoms with Crippen LogP contribution in [0.4, 0.5) is 0 Å². The first-order valence-electron chi connectivity index (χ1n) is 23.9. The maximum atomic E-state index is 12.6. The van der Waals surface area contributed by atoms with E-state index in [-0.39, 0.29) is 13.2 Å². The Morgan fingerprint density at radius 1 is 0.446 bits per heavy atom. The first-order valence-corrected chi connectivity index (χ1v) is 25.4. The Morgan fingerprint density at radius 2 is 0.786 bits per heavy atom. The lowest BCUT2D eigenvalue weighted by Gasteiger charge is -2.24. The van der Waals surface area contributed by atoms with E-state index in [2.05, 4.69) is 69.2 Å². The second-order valence-corrected chi connectivity index (χ2v) is 22.2. The third kappa shape index (κ3) is 38.2. The van der Waals surface area contributed by atoms with Gasteiger partial charge in [0.05, 0.1) is 34.4 Å². The van der Waals surface area contributed by atoms with E-state index < -0.39 is 13.9 Å². The van der Waals surface area contributed by atoms with Crippen LogP contribution in [0.2, 0.25) is 0 Å². The van der Waals surface area contributed by atoms with Crippen molar-refractivity contribution in [2.75, 3.05) is 60.7 Å². The molecule has 56 heavy (non-hydrogen) atoms. The van der Waals surface area contributed by atoms with Crippen LogP contribution in [0.1, 0.15) is 198 Å². The molecular formula is C48H101NO6P+. The molecule has 0 aromatic heterocycles. The van der Waals surface area contributed by atoms with Crippen molar-refractivity contribution >= 4 is 7.82 Å². The first-order chi connectivity index (χ1) is 26.3. The van der Waals surface area contributed by atoms with Gasteiger partial charge in [-0.25, -0.2) is 4.57 Å². The molecule has 0 radical (unpaired) electrons. The molecule has 0 spiro atoms. The SMILES string of the molecule is CC(C)CCC[C@@H](C)CCCC(C)CCC[C@@H](C)CCO[C@@H](COCC[C@H](C)CCC[C@H](C)CCC[C@H](C)CCCC(C)C)COP(=O)(O)OCC[N+](C)(C)C. The molecule has 0 aliphatic heterocycles. The van der Waals surface area contributed by atoms with Gasteiger partial charge < -0.3 is 18.9 Å². The van der Waals surface area contributed by atoms with Crippen LogP contribution in [0.25, 0.3) is 0 Å². The van der Waals surface area contributed by atoms with Crippen LogP contribution in [0, 0.1) is 47.3 Å². The lowest BCUT2D eigenvalue weighted by Crippen LogP contribution is -2.37. The molecule has 0 fully saturated rings. The number of quaternary nitrogens is 1. The normalized spacial score (nSPS) is 17.5. The predicted molar refractivity (Wildman–Crippen MR) is 242 cm³/mol. The van der Waals surface area contributed by atoms with Crippen LogP contribution in [0.15, 0.2) is 0 Å².